The average molecular weight is 301 g/mol. The molecule has 6 heteroatoms. The van der Waals surface area contributed by atoms with Crippen molar-refractivity contribution >= 4 is 23.2 Å². The van der Waals surface area contributed by atoms with Crippen molar-refractivity contribution < 1.29 is 9.59 Å². The number of hydrogen-bond donors (Lipinski definition) is 1. The molecule has 0 unspecified atom stereocenters. The molecule has 0 aliphatic carbocycles. The van der Waals surface area contributed by atoms with Gasteiger partial charge in [0.05, 0.1) is 6.04 Å². The van der Waals surface area contributed by atoms with E-state index in [1.807, 2.05) is 30.3 Å². The number of hydrogen-bond acceptors (Lipinski definition) is 4. The molecule has 1 aromatic carbocycles. The van der Waals surface area contributed by atoms with Crippen molar-refractivity contribution in [2.24, 2.45) is 0 Å². The van der Waals surface area contributed by atoms with Crippen LogP contribution in [0.5, 0.6) is 0 Å². The number of likely N-dealkylation sites (N-methyl/N-ethyl adjacent to an activating group) is 1. The number of likely N-dealkylation sites (tertiary alicyclic amines) is 1. The molecule has 2 amide bonds. The van der Waals surface area contributed by atoms with Crippen molar-refractivity contribution in [1.29, 1.82) is 0 Å². The number of thiazole rings is 1. The molecule has 0 radical (unpaired) electrons. The molecular weight excluding hydrogens is 286 g/mol. The van der Waals surface area contributed by atoms with Gasteiger partial charge in [0.2, 0.25) is 5.91 Å². The molecule has 1 saturated heterocycles. The number of benzene rings is 1. The molecule has 0 saturated carbocycles. The summed E-state index contributed by atoms with van der Waals surface area (Å²) < 4.78 is 0. The lowest BCUT2D eigenvalue weighted by molar-refractivity contribution is -0.126. The first-order valence-electron chi connectivity index (χ1n) is 6.69. The molecule has 108 valence electrons. The second-order valence-electron chi connectivity index (χ2n) is 5.05. The number of amides is 2. The second kappa shape index (κ2) is 5.65. The van der Waals surface area contributed by atoms with Gasteiger partial charge in [0.25, 0.3) is 5.91 Å². The standard InChI is InChI=1S/C15H15N3O2S/c1-18-8-11(7-13(18)19)16-14(20)12-9-21-15(17-12)10-5-3-2-4-6-10/h2-6,9,11H,7-8H2,1H3,(H,16,20)/t11-/m1/s1. The Hall–Kier alpha value is -2.21. The molecule has 3 rings (SSSR count). The van der Waals surface area contributed by atoms with Crippen LogP contribution < -0.4 is 5.32 Å². The van der Waals surface area contributed by atoms with Crippen molar-refractivity contribution in [3.05, 3.63) is 41.4 Å². The van der Waals surface area contributed by atoms with E-state index in [1.54, 1.807) is 17.3 Å². The van der Waals surface area contributed by atoms with E-state index in [0.717, 1.165) is 10.6 Å². The first-order chi connectivity index (χ1) is 10.1. The fourth-order valence-electron chi connectivity index (χ4n) is 2.31. The van der Waals surface area contributed by atoms with Crippen molar-refractivity contribution in [2.75, 3.05) is 13.6 Å². The Bertz CT molecular complexity index is 669. The zero-order valence-corrected chi connectivity index (χ0v) is 12.4. The largest absolute Gasteiger partial charge is 0.346 e. The molecular formula is C15H15N3O2S. The third-order valence-corrected chi connectivity index (χ3v) is 4.33. The SMILES string of the molecule is CN1C[C@H](NC(=O)c2csc(-c3ccccc3)n2)CC1=O. The van der Waals surface area contributed by atoms with Crippen LogP contribution in [-0.2, 0) is 4.79 Å². The number of nitrogens with zero attached hydrogens (tertiary/aromatic N) is 2. The maximum Gasteiger partial charge on any atom is 0.271 e. The molecule has 1 fully saturated rings. The predicted molar refractivity (Wildman–Crippen MR) is 81.1 cm³/mol. The normalized spacial score (nSPS) is 18.0. The summed E-state index contributed by atoms with van der Waals surface area (Å²) in [5.41, 5.74) is 1.40. The van der Waals surface area contributed by atoms with Gasteiger partial charge in [-0.05, 0) is 0 Å². The Kier molecular flexibility index (Phi) is 3.70. The maximum atomic E-state index is 12.2. The lowest BCUT2D eigenvalue weighted by Gasteiger charge is -2.11. The molecule has 1 aliphatic rings. The van der Waals surface area contributed by atoms with Gasteiger partial charge in [-0.1, -0.05) is 30.3 Å². The van der Waals surface area contributed by atoms with E-state index in [2.05, 4.69) is 10.3 Å². The Labute approximate surface area is 126 Å². The van der Waals surface area contributed by atoms with Crippen LogP contribution in [0.25, 0.3) is 10.6 Å². The van der Waals surface area contributed by atoms with E-state index in [0.29, 0.717) is 18.7 Å². The van der Waals surface area contributed by atoms with Crippen LogP contribution in [0.4, 0.5) is 0 Å². The monoisotopic (exact) mass is 301 g/mol. The van der Waals surface area contributed by atoms with E-state index < -0.39 is 0 Å². The van der Waals surface area contributed by atoms with E-state index in [9.17, 15) is 9.59 Å². The van der Waals surface area contributed by atoms with Crippen LogP contribution in [0, 0.1) is 0 Å². The van der Waals surface area contributed by atoms with E-state index in [-0.39, 0.29) is 17.9 Å². The molecule has 0 spiro atoms. The highest BCUT2D eigenvalue weighted by molar-refractivity contribution is 7.13. The van der Waals surface area contributed by atoms with Crippen LogP contribution in [0.2, 0.25) is 0 Å². The molecule has 21 heavy (non-hydrogen) atoms. The van der Waals surface area contributed by atoms with Crippen LogP contribution in [0.3, 0.4) is 0 Å². The summed E-state index contributed by atoms with van der Waals surface area (Å²) in [6, 6.07) is 9.62. The number of carbonyl (C=O) groups is 2. The number of aromatic nitrogens is 1. The highest BCUT2D eigenvalue weighted by Gasteiger charge is 2.28. The third kappa shape index (κ3) is 2.95. The van der Waals surface area contributed by atoms with E-state index in [1.165, 1.54) is 11.3 Å². The molecule has 2 heterocycles. The third-order valence-electron chi connectivity index (χ3n) is 3.43. The van der Waals surface area contributed by atoms with Crippen molar-refractivity contribution in [3.8, 4) is 10.6 Å². The van der Waals surface area contributed by atoms with Crippen LogP contribution in [0.15, 0.2) is 35.7 Å². The van der Waals surface area contributed by atoms with Gasteiger partial charge in [0.15, 0.2) is 0 Å². The predicted octanol–water partition coefficient (Wildman–Crippen LogP) is 1.77. The maximum absolute atomic E-state index is 12.2. The summed E-state index contributed by atoms with van der Waals surface area (Å²) in [7, 11) is 1.74. The quantitative estimate of drug-likeness (QED) is 0.940. The molecule has 1 aromatic heterocycles. The van der Waals surface area contributed by atoms with Crippen LogP contribution in [0.1, 0.15) is 16.9 Å². The Morgan fingerprint density at radius 3 is 2.81 bits per heavy atom. The summed E-state index contributed by atoms with van der Waals surface area (Å²) in [5, 5.41) is 5.43. The van der Waals surface area contributed by atoms with Gasteiger partial charge in [0, 0.05) is 31.0 Å². The second-order valence-corrected chi connectivity index (χ2v) is 5.91. The molecule has 1 N–H and O–H groups in total. The number of nitrogens with one attached hydrogen (secondary N) is 1. The molecule has 1 aliphatic heterocycles. The fraction of sp³-hybridized carbons (Fsp3) is 0.267. The summed E-state index contributed by atoms with van der Waals surface area (Å²) in [5.74, 6) is -0.162. The van der Waals surface area contributed by atoms with Gasteiger partial charge in [-0.2, -0.15) is 0 Å². The first-order valence-corrected chi connectivity index (χ1v) is 7.57. The van der Waals surface area contributed by atoms with Crippen LogP contribution in [-0.4, -0.2) is 41.3 Å². The minimum absolute atomic E-state index is 0.0588. The average Bonchev–Trinajstić information content (AvgIpc) is 3.08. The summed E-state index contributed by atoms with van der Waals surface area (Å²) in [6.45, 7) is 0.556. The molecule has 1 atom stereocenters. The first kappa shape index (κ1) is 13.8. The minimum atomic E-state index is -0.221. The number of rotatable bonds is 3. The Morgan fingerprint density at radius 1 is 1.38 bits per heavy atom. The Balaban J connectivity index is 1.69. The lowest BCUT2D eigenvalue weighted by Crippen LogP contribution is -2.36. The summed E-state index contributed by atoms with van der Waals surface area (Å²) >= 11 is 1.44. The fourth-order valence-corrected chi connectivity index (χ4v) is 3.12. The van der Waals surface area contributed by atoms with Gasteiger partial charge >= 0.3 is 0 Å². The zero-order valence-electron chi connectivity index (χ0n) is 11.6. The van der Waals surface area contributed by atoms with Crippen LogP contribution >= 0.6 is 11.3 Å². The van der Waals surface area contributed by atoms with E-state index in [4.69, 9.17) is 0 Å². The van der Waals surface area contributed by atoms with E-state index >= 15 is 0 Å². The van der Waals surface area contributed by atoms with Gasteiger partial charge in [0.1, 0.15) is 10.7 Å². The van der Waals surface area contributed by atoms with Crippen molar-refractivity contribution in [1.82, 2.24) is 15.2 Å². The highest BCUT2D eigenvalue weighted by Crippen LogP contribution is 2.23. The van der Waals surface area contributed by atoms with Gasteiger partial charge in [-0.15, -0.1) is 11.3 Å². The van der Waals surface area contributed by atoms with Gasteiger partial charge < -0.3 is 10.2 Å². The van der Waals surface area contributed by atoms with Gasteiger partial charge in [-0.25, -0.2) is 4.98 Å². The zero-order chi connectivity index (χ0) is 14.8. The smallest absolute Gasteiger partial charge is 0.271 e. The topological polar surface area (TPSA) is 62.3 Å². The lowest BCUT2D eigenvalue weighted by atomic mass is 10.2. The van der Waals surface area contributed by atoms with Crippen molar-refractivity contribution in [3.63, 3.8) is 0 Å². The summed E-state index contributed by atoms with van der Waals surface area (Å²) in [4.78, 5) is 29.6. The highest BCUT2D eigenvalue weighted by atomic mass is 32.1. The van der Waals surface area contributed by atoms with Crippen molar-refractivity contribution in [2.45, 2.75) is 12.5 Å². The molecule has 5 nitrogen and oxygen atoms in total. The van der Waals surface area contributed by atoms with Gasteiger partial charge in [-0.3, -0.25) is 9.59 Å². The number of carbonyl (C=O) groups excluding carboxylic acids is 2. The molecule has 2 aromatic rings. The minimum Gasteiger partial charge on any atom is -0.346 e. The molecule has 0 bridgehead atoms. The Morgan fingerprint density at radius 2 is 2.14 bits per heavy atom. The summed E-state index contributed by atoms with van der Waals surface area (Å²) in [6.07, 6.45) is 0.359.